The summed E-state index contributed by atoms with van der Waals surface area (Å²) >= 11 is 0. The van der Waals surface area contributed by atoms with Crippen molar-refractivity contribution in [3.8, 4) is 5.75 Å². The van der Waals surface area contributed by atoms with Crippen molar-refractivity contribution in [3.05, 3.63) is 41.2 Å². The summed E-state index contributed by atoms with van der Waals surface area (Å²) < 4.78 is 11.8. The molecule has 2 aromatic rings. The van der Waals surface area contributed by atoms with E-state index in [4.69, 9.17) is 15.2 Å². The van der Waals surface area contributed by atoms with Crippen molar-refractivity contribution in [3.63, 3.8) is 0 Å². The lowest BCUT2D eigenvalue weighted by Gasteiger charge is -2.09. The maximum atomic E-state index is 11.8. The molecule has 7 heteroatoms. The van der Waals surface area contributed by atoms with Crippen LogP contribution in [-0.4, -0.2) is 34.7 Å². The number of para-hydroxylation sites is 1. The number of hydrogen-bond acceptors (Lipinski definition) is 6. The summed E-state index contributed by atoms with van der Waals surface area (Å²) in [5, 5.41) is 7.87. The predicted octanol–water partition coefficient (Wildman–Crippen LogP) is 0.970. The van der Waals surface area contributed by atoms with E-state index in [1.54, 1.807) is 18.7 Å². The van der Waals surface area contributed by atoms with Crippen LogP contribution in [0.2, 0.25) is 0 Å². The SMILES string of the molecule is CCOC(=O)c1nnn(Cc2ccccc2OC)c1CN. The maximum absolute atomic E-state index is 11.8. The summed E-state index contributed by atoms with van der Waals surface area (Å²) in [6.45, 7) is 2.58. The lowest BCUT2D eigenvalue weighted by molar-refractivity contribution is 0.0518. The first-order chi connectivity index (χ1) is 10.2. The Morgan fingerprint density at radius 1 is 1.38 bits per heavy atom. The zero-order chi connectivity index (χ0) is 15.2. The average molecular weight is 290 g/mol. The van der Waals surface area contributed by atoms with Crippen LogP contribution in [0.25, 0.3) is 0 Å². The number of hydrogen-bond donors (Lipinski definition) is 1. The molecule has 0 atom stereocenters. The number of nitrogens with two attached hydrogens (primary N) is 1. The topological polar surface area (TPSA) is 92.3 Å². The van der Waals surface area contributed by atoms with Crippen LogP contribution in [0.1, 0.15) is 28.7 Å². The number of methoxy groups -OCH3 is 1. The third kappa shape index (κ3) is 3.19. The molecule has 0 unspecified atom stereocenters. The van der Waals surface area contributed by atoms with Gasteiger partial charge in [-0.3, -0.25) is 0 Å². The zero-order valence-electron chi connectivity index (χ0n) is 12.1. The molecule has 2 N–H and O–H groups in total. The highest BCUT2D eigenvalue weighted by Crippen LogP contribution is 2.19. The van der Waals surface area contributed by atoms with Gasteiger partial charge in [0.15, 0.2) is 5.69 Å². The minimum atomic E-state index is -0.510. The summed E-state index contributed by atoms with van der Waals surface area (Å²) in [6, 6.07) is 7.58. The van der Waals surface area contributed by atoms with Crippen molar-refractivity contribution in [2.75, 3.05) is 13.7 Å². The summed E-state index contributed by atoms with van der Waals surface area (Å²) in [5.41, 5.74) is 7.34. The molecule has 1 heterocycles. The monoisotopic (exact) mass is 290 g/mol. The Balaban J connectivity index is 2.30. The van der Waals surface area contributed by atoms with Gasteiger partial charge in [0.1, 0.15) is 5.75 Å². The zero-order valence-corrected chi connectivity index (χ0v) is 12.1. The van der Waals surface area contributed by atoms with E-state index in [-0.39, 0.29) is 18.8 Å². The van der Waals surface area contributed by atoms with Crippen LogP contribution >= 0.6 is 0 Å². The van der Waals surface area contributed by atoms with Crippen molar-refractivity contribution < 1.29 is 14.3 Å². The molecule has 0 amide bonds. The summed E-state index contributed by atoms with van der Waals surface area (Å²) in [7, 11) is 1.61. The van der Waals surface area contributed by atoms with Gasteiger partial charge in [0.05, 0.1) is 26.0 Å². The van der Waals surface area contributed by atoms with Gasteiger partial charge < -0.3 is 15.2 Å². The molecule has 0 aliphatic carbocycles. The minimum Gasteiger partial charge on any atom is -0.496 e. The maximum Gasteiger partial charge on any atom is 0.360 e. The molecule has 0 saturated carbocycles. The van der Waals surface area contributed by atoms with Crippen LogP contribution in [0.3, 0.4) is 0 Å². The Hall–Kier alpha value is -2.41. The number of nitrogens with zero attached hydrogens (tertiary/aromatic N) is 3. The molecule has 0 spiro atoms. The predicted molar refractivity (Wildman–Crippen MR) is 76.0 cm³/mol. The molecule has 2 rings (SSSR count). The summed E-state index contributed by atoms with van der Waals surface area (Å²) in [6.07, 6.45) is 0. The van der Waals surface area contributed by atoms with E-state index < -0.39 is 5.97 Å². The molecule has 0 radical (unpaired) electrons. The van der Waals surface area contributed by atoms with E-state index in [2.05, 4.69) is 10.3 Å². The van der Waals surface area contributed by atoms with Gasteiger partial charge in [-0.25, -0.2) is 9.48 Å². The molecule has 112 valence electrons. The van der Waals surface area contributed by atoms with Crippen LogP contribution in [-0.2, 0) is 17.8 Å². The van der Waals surface area contributed by atoms with E-state index in [0.717, 1.165) is 11.3 Å². The number of rotatable bonds is 6. The first-order valence-electron chi connectivity index (χ1n) is 6.62. The molecular weight excluding hydrogens is 272 g/mol. The van der Waals surface area contributed by atoms with E-state index in [1.165, 1.54) is 0 Å². The Kier molecular flexibility index (Phi) is 4.89. The van der Waals surface area contributed by atoms with Gasteiger partial charge in [-0.15, -0.1) is 5.10 Å². The van der Waals surface area contributed by atoms with Crippen molar-refractivity contribution in [2.45, 2.75) is 20.0 Å². The molecule has 0 saturated heterocycles. The highest BCUT2D eigenvalue weighted by atomic mass is 16.5. The standard InChI is InChI=1S/C14H18N4O3/c1-3-21-14(19)13-11(8-15)18(17-16-13)9-10-6-4-5-7-12(10)20-2/h4-7H,3,8-9,15H2,1-2H3. The third-order valence-electron chi connectivity index (χ3n) is 3.01. The van der Waals surface area contributed by atoms with Crippen LogP contribution in [0, 0.1) is 0 Å². The smallest absolute Gasteiger partial charge is 0.360 e. The molecule has 0 aliphatic heterocycles. The quantitative estimate of drug-likeness (QED) is 0.797. The number of ether oxygens (including phenoxy) is 2. The van der Waals surface area contributed by atoms with Crippen LogP contribution in [0.15, 0.2) is 24.3 Å². The second-order valence-corrected chi connectivity index (χ2v) is 4.28. The molecule has 0 bridgehead atoms. The van der Waals surface area contributed by atoms with Gasteiger partial charge in [-0.2, -0.15) is 0 Å². The number of carbonyl (C=O) groups is 1. The molecule has 0 aliphatic rings. The van der Waals surface area contributed by atoms with E-state index in [0.29, 0.717) is 12.2 Å². The lowest BCUT2D eigenvalue weighted by atomic mass is 10.2. The number of aromatic nitrogens is 3. The lowest BCUT2D eigenvalue weighted by Crippen LogP contribution is -2.15. The highest BCUT2D eigenvalue weighted by Gasteiger charge is 2.20. The molecule has 1 aromatic carbocycles. The molecule has 0 fully saturated rings. The second kappa shape index (κ2) is 6.85. The van der Waals surface area contributed by atoms with Crippen LogP contribution in [0.4, 0.5) is 0 Å². The number of esters is 1. The number of benzene rings is 1. The Morgan fingerprint density at radius 2 is 2.14 bits per heavy atom. The minimum absolute atomic E-state index is 0.149. The Morgan fingerprint density at radius 3 is 2.81 bits per heavy atom. The molecule has 1 aromatic heterocycles. The van der Waals surface area contributed by atoms with Crippen LogP contribution < -0.4 is 10.5 Å². The van der Waals surface area contributed by atoms with Crippen molar-refractivity contribution in [1.82, 2.24) is 15.0 Å². The Bertz CT molecular complexity index is 624. The first kappa shape index (κ1) is 15.0. The van der Waals surface area contributed by atoms with Gasteiger partial charge in [-0.05, 0) is 13.0 Å². The van der Waals surface area contributed by atoms with E-state index in [1.807, 2.05) is 24.3 Å². The van der Waals surface area contributed by atoms with Crippen molar-refractivity contribution in [2.24, 2.45) is 5.73 Å². The van der Waals surface area contributed by atoms with E-state index >= 15 is 0 Å². The average Bonchev–Trinajstić information content (AvgIpc) is 2.91. The molecule has 21 heavy (non-hydrogen) atoms. The fourth-order valence-corrected chi connectivity index (χ4v) is 2.01. The fourth-order valence-electron chi connectivity index (χ4n) is 2.01. The fraction of sp³-hybridized carbons (Fsp3) is 0.357. The van der Waals surface area contributed by atoms with Gasteiger partial charge in [-0.1, -0.05) is 23.4 Å². The van der Waals surface area contributed by atoms with Gasteiger partial charge in [0, 0.05) is 12.1 Å². The molecule has 7 nitrogen and oxygen atoms in total. The number of carbonyl (C=O) groups excluding carboxylic acids is 1. The Labute approximate surface area is 122 Å². The first-order valence-corrected chi connectivity index (χ1v) is 6.62. The largest absolute Gasteiger partial charge is 0.496 e. The normalized spacial score (nSPS) is 10.4. The van der Waals surface area contributed by atoms with E-state index in [9.17, 15) is 4.79 Å². The van der Waals surface area contributed by atoms with Crippen LogP contribution in [0.5, 0.6) is 5.75 Å². The van der Waals surface area contributed by atoms with Gasteiger partial charge in [0.25, 0.3) is 0 Å². The van der Waals surface area contributed by atoms with Crippen molar-refractivity contribution in [1.29, 1.82) is 0 Å². The van der Waals surface area contributed by atoms with Gasteiger partial charge in [0.2, 0.25) is 0 Å². The second-order valence-electron chi connectivity index (χ2n) is 4.28. The summed E-state index contributed by atoms with van der Waals surface area (Å²) in [5.74, 6) is 0.234. The van der Waals surface area contributed by atoms with Gasteiger partial charge >= 0.3 is 5.97 Å². The highest BCUT2D eigenvalue weighted by molar-refractivity contribution is 5.88. The molecular formula is C14H18N4O3. The van der Waals surface area contributed by atoms with Crippen molar-refractivity contribution >= 4 is 5.97 Å². The summed E-state index contributed by atoms with van der Waals surface area (Å²) in [4.78, 5) is 11.8. The third-order valence-corrected chi connectivity index (χ3v) is 3.01.